The van der Waals surface area contributed by atoms with Crippen molar-refractivity contribution in [2.24, 2.45) is 0 Å². The molecule has 1 amide bonds. The molecular formula is C14H24N4O. The first-order valence-electron chi connectivity index (χ1n) is 7.07. The topological polar surface area (TPSA) is 59.4 Å². The number of rotatable bonds is 6. The predicted molar refractivity (Wildman–Crippen MR) is 75.3 cm³/mol. The van der Waals surface area contributed by atoms with Gasteiger partial charge in [-0.2, -0.15) is 5.26 Å². The Hall–Kier alpha value is -1.54. The van der Waals surface area contributed by atoms with Crippen LogP contribution in [0.4, 0.5) is 0 Å². The summed E-state index contributed by atoms with van der Waals surface area (Å²) in [5.74, 6) is -0.256. The Morgan fingerprint density at radius 2 is 2.00 bits per heavy atom. The maximum absolute atomic E-state index is 11.8. The Morgan fingerprint density at radius 1 is 1.32 bits per heavy atom. The highest BCUT2D eigenvalue weighted by molar-refractivity contribution is 5.97. The van der Waals surface area contributed by atoms with Crippen LogP contribution in [0.1, 0.15) is 26.7 Å². The third-order valence-electron chi connectivity index (χ3n) is 3.35. The Morgan fingerprint density at radius 3 is 2.53 bits per heavy atom. The van der Waals surface area contributed by atoms with Crippen LogP contribution >= 0.6 is 0 Å². The van der Waals surface area contributed by atoms with E-state index in [0.29, 0.717) is 6.54 Å². The SMILES string of the molecule is CCCCNC(=O)/C(C#N)=C\N1CCN(CC)CC1. The van der Waals surface area contributed by atoms with Gasteiger partial charge in [0.05, 0.1) is 0 Å². The average molecular weight is 264 g/mol. The van der Waals surface area contributed by atoms with Crippen molar-refractivity contribution in [3.63, 3.8) is 0 Å². The van der Waals surface area contributed by atoms with Gasteiger partial charge < -0.3 is 15.1 Å². The molecule has 0 aromatic rings. The van der Waals surface area contributed by atoms with Crippen LogP contribution in [0.2, 0.25) is 0 Å². The van der Waals surface area contributed by atoms with Crippen molar-refractivity contribution < 1.29 is 4.79 Å². The lowest BCUT2D eigenvalue weighted by molar-refractivity contribution is -0.117. The summed E-state index contributed by atoms with van der Waals surface area (Å²) in [6.07, 6.45) is 3.68. The lowest BCUT2D eigenvalue weighted by Crippen LogP contribution is -2.44. The molecule has 0 unspecified atom stereocenters. The number of nitrogens with one attached hydrogen (secondary N) is 1. The molecule has 106 valence electrons. The zero-order chi connectivity index (χ0) is 14.1. The Kier molecular flexibility index (Phi) is 6.98. The van der Waals surface area contributed by atoms with Gasteiger partial charge >= 0.3 is 0 Å². The van der Waals surface area contributed by atoms with E-state index >= 15 is 0 Å². The van der Waals surface area contributed by atoms with E-state index < -0.39 is 0 Å². The van der Waals surface area contributed by atoms with Gasteiger partial charge in [0.15, 0.2) is 0 Å². The fraction of sp³-hybridized carbons (Fsp3) is 0.714. The first kappa shape index (κ1) is 15.5. The molecule has 0 bridgehead atoms. The van der Waals surface area contributed by atoms with Crippen LogP contribution in [-0.4, -0.2) is 55.0 Å². The Bertz CT molecular complexity index is 351. The number of unbranched alkanes of at least 4 members (excludes halogenated alkanes) is 1. The third kappa shape index (κ3) is 5.31. The molecular weight excluding hydrogens is 240 g/mol. The highest BCUT2D eigenvalue weighted by Gasteiger charge is 2.15. The summed E-state index contributed by atoms with van der Waals surface area (Å²) in [4.78, 5) is 16.2. The Balaban J connectivity index is 2.48. The van der Waals surface area contributed by atoms with E-state index in [2.05, 4.69) is 29.0 Å². The van der Waals surface area contributed by atoms with Gasteiger partial charge in [0.25, 0.3) is 5.91 Å². The van der Waals surface area contributed by atoms with E-state index in [-0.39, 0.29) is 11.5 Å². The number of nitrogens with zero attached hydrogens (tertiary/aromatic N) is 3. The van der Waals surface area contributed by atoms with Gasteiger partial charge in [0, 0.05) is 38.9 Å². The van der Waals surface area contributed by atoms with Crippen LogP contribution in [-0.2, 0) is 4.79 Å². The fourth-order valence-corrected chi connectivity index (χ4v) is 2.00. The quantitative estimate of drug-likeness (QED) is 0.441. The molecule has 1 aliphatic heterocycles. The second-order valence-corrected chi connectivity index (χ2v) is 4.73. The summed E-state index contributed by atoms with van der Waals surface area (Å²) in [6.45, 7) is 9.64. The minimum atomic E-state index is -0.256. The fourth-order valence-electron chi connectivity index (χ4n) is 2.00. The van der Waals surface area contributed by atoms with Crippen molar-refractivity contribution in [2.45, 2.75) is 26.7 Å². The van der Waals surface area contributed by atoms with Gasteiger partial charge in [-0.25, -0.2) is 0 Å². The van der Waals surface area contributed by atoms with Crippen LogP contribution in [0.5, 0.6) is 0 Å². The number of hydrogen-bond acceptors (Lipinski definition) is 4. The molecule has 1 N–H and O–H groups in total. The van der Waals surface area contributed by atoms with Crippen molar-refractivity contribution in [2.75, 3.05) is 39.3 Å². The summed E-state index contributed by atoms with van der Waals surface area (Å²) in [5.41, 5.74) is 0.209. The first-order valence-corrected chi connectivity index (χ1v) is 7.07. The van der Waals surface area contributed by atoms with E-state index in [9.17, 15) is 4.79 Å². The smallest absolute Gasteiger partial charge is 0.263 e. The number of nitriles is 1. The maximum atomic E-state index is 11.8. The average Bonchev–Trinajstić information content (AvgIpc) is 2.45. The van der Waals surface area contributed by atoms with Crippen LogP contribution in [0.25, 0.3) is 0 Å². The second kappa shape index (κ2) is 8.54. The van der Waals surface area contributed by atoms with Crippen LogP contribution in [0.3, 0.4) is 0 Å². The molecule has 0 spiro atoms. The monoisotopic (exact) mass is 264 g/mol. The molecule has 1 heterocycles. The molecule has 1 fully saturated rings. The first-order chi connectivity index (χ1) is 9.21. The van der Waals surface area contributed by atoms with Gasteiger partial charge in [0.2, 0.25) is 0 Å². The zero-order valence-electron chi connectivity index (χ0n) is 12.0. The lowest BCUT2D eigenvalue weighted by atomic mass is 10.2. The minimum absolute atomic E-state index is 0.209. The summed E-state index contributed by atoms with van der Waals surface area (Å²) in [6, 6.07) is 2.00. The van der Waals surface area contributed by atoms with Crippen molar-refractivity contribution in [3.8, 4) is 6.07 Å². The van der Waals surface area contributed by atoms with E-state index in [0.717, 1.165) is 45.6 Å². The number of carbonyl (C=O) groups excluding carboxylic acids is 1. The van der Waals surface area contributed by atoms with Gasteiger partial charge in [-0.15, -0.1) is 0 Å². The normalized spacial score (nSPS) is 17.1. The molecule has 0 aromatic heterocycles. The molecule has 0 aliphatic carbocycles. The van der Waals surface area contributed by atoms with Gasteiger partial charge in [-0.1, -0.05) is 20.3 Å². The summed E-state index contributed by atoms with van der Waals surface area (Å²) < 4.78 is 0. The lowest BCUT2D eigenvalue weighted by Gasteiger charge is -2.33. The molecule has 0 radical (unpaired) electrons. The highest BCUT2D eigenvalue weighted by Crippen LogP contribution is 2.04. The molecule has 0 saturated carbocycles. The highest BCUT2D eigenvalue weighted by atomic mass is 16.1. The van der Waals surface area contributed by atoms with Gasteiger partial charge in [-0.3, -0.25) is 4.79 Å². The van der Waals surface area contributed by atoms with E-state index in [1.165, 1.54) is 0 Å². The minimum Gasteiger partial charge on any atom is -0.374 e. The van der Waals surface area contributed by atoms with Crippen LogP contribution < -0.4 is 5.32 Å². The van der Waals surface area contributed by atoms with Crippen molar-refractivity contribution in [3.05, 3.63) is 11.8 Å². The molecule has 19 heavy (non-hydrogen) atoms. The van der Waals surface area contributed by atoms with E-state index in [1.54, 1.807) is 6.20 Å². The van der Waals surface area contributed by atoms with Gasteiger partial charge in [0.1, 0.15) is 11.6 Å². The van der Waals surface area contributed by atoms with E-state index in [4.69, 9.17) is 5.26 Å². The van der Waals surface area contributed by atoms with Crippen LogP contribution in [0, 0.1) is 11.3 Å². The maximum Gasteiger partial charge on any atom is 0.263 e. The zero-order valence-corrected chi connectivity index (χ0v) is 12.0. The summed E-state index contributed by atoms with van der Waals surface area (Å²) in [5, 5.41) is 11.8. The number of likely N-dealkylation sites (N-methyl/N-ethyl adjacent to an activating group) is 1. The standard InChI is InChI=1S/C14H24N4O/c1-3-5-6-16-14(19)13(11-15)12-18-9-7-17(4-2)8-10-18/h12H,3-10H2,1-2H3,(H,16,19)/b13-12-. The molecule has 1 rings (SSSR count). The number of hydrogen-bond donors (Lipinski definition) is 1. The molecule has 0 atom stereocenters. The second-order valence-electron chi connectivity index (χ2n) is 4.73. The number of piperazine rings is 1. The summed E-state index contributed by atoms with van der Waals surface area (Å²) in [7, 11) is 0. The van der Waals surface area contributed by atoms with Crippen molar-refractivity contribution >= 4 is 5.91 Å². The van der Waals surface area contributed by atoms with Crippen molar-refractivity contribution in [1.82, 2.24) is 15.1 Å². The molecule has 5 heteroatoms. The van der Waals surface area contributed by atoms with Crippen molar-refractivity contribution in [1.29, 1.82) is 5.26 Å². The van der Waals surface area contributed by atoms with E-state index in [1.807, 2.05) is 6.07 Å². The molecule has 1 aliphatic rings. The van der Waals surface area contributed by atoms with Gasteiger partial charge in [-0.05, 0) is 13.0 Å². The predicted octanol–water partition coefficient (Wildman–Crippen LogP) is 0.948. The number of amides is 1. The molecule has 5 nitrogen and oxygen atoms in total. The molecule has 1 saturated heterocycles. The largest absolute Gasteiger partial charge is 0.374 e. The molecule has 0 aromatic carbocycles. The summed E-state index contributed by atoms with van der Waals surface area (Å²) >= 11 is 0. The Labute approximate surface area is 115 Å². The van der Waals surface area contributed by atoms with Crippen LogP contribution in [0.15, 0.2) is 11.8 Å². The third-order valence-corrected chi connectivity index (χ3v) is 3.35. The number of carbonyl (C=O) groups is 1.